The molecule has 0 saturated carbocycles. The standard InChI is InChI=1S/C12H18N2O2/c1-2-16-11(12(15)14-9-8-13)10-6-4-3-5-7-10/h3-7,11H,2,8-9,13H2,1H3,(H,14,15). The Morgan fingerprint density at radius 1 is 1.44 bits per heavy atom. The van der Waals surface area contributed by atoms with Gasteiger partial charge < -0.3 is 15.8 Å². The van der Waals surface area contributed by atoms with Crippen LogP contribution in [0.4, 0.5) is 0 Å². The second-order valence-corrected chi connectivity index (χ2v) is 3.33. The first-order valence-corrected chi connectivity index (χ1v) is 5.44. The fourth-order valence-electron chi connectivity index (χ4n) is 1.41. The van der Waals surface area contributed by atoms with E-state index in [0.29, 0.717) is 19.7 Å². The molecule has 1 atom stereocenters. The van der Waals surface area contributed by atoms with Crippen LogP contribution in [0, 0.1) is 0 Å². The van der Waals surface area contributed by atoms with E-state index in [2.05, 4.69) is 5.32 Å². The van der Waals surface area contributed by atoms with Crippen LogP contribution < -0.4 is 11.1 Å². The molecule has 0 aliphatic carbocycles. The van der Waals surface area contributed by atoms with E-state index in [1.165, 1.54) is 0 Å². The van der Waals surface area contributed by atoms with Gasteiger partial charge in [-0.1, -0.05) is 30.3 Å². The van der Waals surface area contributed by atoms with Crippen molar-refractivity contribution in [3.63, 3.8) is 0 Å². The summed E-state index contributed by atoms with van der Waals surface area (Å²) >= 11 is 0. The number of nitrogens with two attached hydrogens (primary N) is 1. The van der Waals surface area contributed by atoms with Gasteiger partial charge in [0, 0.05) is 19.7 Å². The van der Waals surface area contributed by atoms with Crippen molar-refractivity contribution >= 4 is 5.91 Å². The van der Waals surface area contributed by atoms with Crippen LogP contribution in [0.5, 0.6) is 0 Å². The number of rotatable bonds is 6. The largest absolute Gasteiger partial charge is 0.364 e. The van der Waals surface area contributed by atoms with E-state index >= 15 is 0 Å². The molecular weight excluding hydrogens is 204 g/mol. The van der Waals surface area contributed by atoms with Gasteiger partial charge in [-0.05, 0) is 12.5 Å². The lowest BCUT2D eigenvalue weighted by Gasteiger charge is -2.16. The van der Waals surface area contributed by atoms with Gasteiger partial charge in [0.1, 0.15) is 0 Å². The smallest absolute Gasteiger partial charge is 0.253 e. The molecule has 1 aromatic carbocycles. The summed E-state index contributed by atoms with van der Waals surface area (Å²) in [7, 11) is 0. The number of carbonyl (C=O) groups is 1. The van der Waals surface area contributed by atoms with Crippen LogP contribution in [0.3, 0.4) is 0 Å². The number of ether oxygens (including phenoxy) is 1. The second kappa shape index (κ2) is 6.98. The molecule has 1 amide bonds. The van der Waals surface area contributed by atoms with Gasteiger partial charge in [-0.25, -0.2) is 0 Å². The summed E-state index contributed by atoms with van der Waals surface area (Å²) in [5.41, 5.74) is 6.19. The van der Waals surface area contributed by atoms with Gasteiger partial charge in [0.2, 0.25) is 0 Å². The predicted molar refractivity (Wildman–Crippen MR) is 62.9 cm³/mol. The maximum Gasteiger partial charge on any atom is 0.253 e. The summed E-state index contributed by atoms with van der Waals surface area (Å²) in [5, 5.41) is 2.73. The van der Waals surface area contributed by atoms with Crippen LogP contribution in [-0.4, -0.2) is 25.6 Å². The first kappa shape index (κ1) is 12.7. The molecule has 0 bridgehead atoms. The maximum atomic E-state index is 11.8. The minimum Gasteiger partial charge on any atom is -0.364 e. The molecular formula is C12H18N2O2. The highest BCUT2D eigenvalue weighted by atomic mass is 16.5. The van der Waals surface area contributed by atoms with Crippen molar-refractivity contribution < 1.29 is 9.53 Å². The predicted octanol–water partition coefficient (Wildman–Crippen LogP) is 0.839. The molecule has 0 aromatic heterocycles. The molecule has 88 valence electrons. The first-order valence-electron chi connectivity index (χ1n) is 5.44. The molecule has 0 saturated heterocycles. The molecule has 1 rings (SSSR count). The molecule has 1 unspecified atom stereocenters. The third-order valence-corrected chi connectivity index (χ3v) is 2.12. The summed E-state index contributed by atoms with van der Waals surface area (Å²) in [5.74, 6) is -0.140. The van der Waals surface area contributed by atoms with Crippen LogP contribution in [-0.2, 0) is 9.53 Å². The number of nitrogens with one attached hydrogen (secondary N) is 1. The molecule has 4 heteroatoms. The number of benzene rings is 1. The Hall–Kier alpha value is -1.39. The lowest BCUT2D eigenvalue weighted by Crippen LogP contribution is -2.34. The van der Waals surface area contributed by atoms with Crippen LogP contribution >= 0.6 is 0 Å². The molecule has 4 nitrogen and oxygen atoms in total. The molecule has 16 heavy (non-hydrogen) atoms. The number of amides is 1. The van der Waals surface area contributed by atoms with E-state index < -0.39 is 6.10 Å². The Kier molecular flexibility index (Phi) is 5.53. The lowest BCUT2D eigenvalue weighted by atomic mass is 10.1. The zero-order valence-electron chi connectivity index (χ0n) is 9.48. The number of hydrogen-bond acceptors (Lipinski definition) is 3. The molecule has 0 spiro atoms. The van der Waals surface area contributed by atoms with Gasteiger partial charge in [-0.3, -0.25) is 4.79 Å². The molecule has 0 radical (unpaired) electrons. The van der Waals surface area contributed by atoms with Gasteiger partial charge in [-0.15, -0.1) is 0 Å². The Morgan fingerprint density at radius 2 is 2.12 bits per heavy atom. The zero-order chi connectivity index (χ0) is 11.8. The van der Waals surface area contributed by atoms with Crippen molar-refractivity contribution in [2.75, 3.05) is 19.7 Å². The van der Waals surface area contributed by atoms with E-state index in [4.69, 9.17) is 10.5 Å². The molecule has 1 aromatic rings. The number of hydrogen-bond donors (Lipinski definition) is 2. The van der Waals surface area contributed by atoms with Crippen LogP contribution in [0.25, 0.3) is 0 Å². The van der Waals surface area contributed by atoms with Crippen molar-refractivity contribution in [3.8, 4) is 0 Å². The van der Waals surface area contributed by atoms with Crippen molar-refractivity contribution in [1.82, 2.24) is 5.32 Å². The van der Waals surface area contributed by atoms with Gasteiger partial charge >= 0.3 is 0 Å². The van der Waals surface area contributed by atoms with Crippen LogP contribution in [0.2, 0.25) is 0 Å². The highest BCUT2D eigenvalue weighted by Gasteiger charge is 2.19. The van der Waals surface area contributed by atoms with Gasteiger partial charge in [0.25, 0.3) is 5.91 Å². The van der Waals surface area contributed by atoms with E-state index in [0.717, 1.165) is 5.56 Å². The summed E-state index contributed by atoms with van der Waals surface area (Å²) < 4.78 is 5.43. The Bertz CT molecular complexity index is 314. The van der Waals surface area contributed by atoms with E-state index in [1.54, 1.807) is 0 Å². The highest BCUT2D eigenvalue weighted by molar-refractivity contribution is 5.82. The van der Waals surface area contributed by atoms with Crippen LogP contribution in [0.1, 0.15) is 18.6 Å². The average Bonchev–Trinajstić information content (AvgIpc) is 2.34. The van der Waals surface area contributed by atoms with Gasteiger partial charge in [0.05, 0.1) is 0 Å². The van der Waals surface area contributed by atoms with Crippen molar-refractivity contribution in [1.29, 1.82) is 0 Å². The van der Waals surface area contributed by atoms with Crippen molar-refractivity contribution in [2.45, 2.75) is 13.0 Å². The molecule has 3 N–H and O–H groups in total. The second-order valence-electron chi connectivity index (χ2n) is 3.33. The molecule has 0 aliphatic heterocycles. The Balaban J connectivity index is 2.71. The Labute approximate surface area is 95.8 Å². The van der Waals surface area contributed by atoms with E-state index in [-0.39, 0.29) is 5.91 Å². The molecule has 0 aliphatic rings. The topological polar surface area (TPSA) is 64.3 Å². The average molecular weight is 222 g/mol. The third-order valence-electron chi connectivity index (χ3n) is 2.12. The molecule has 0 fully saturated rings. The maximum absolute atomic E-state index is 11.8. The van der Waals surface area contributed by atoms with Gasteiger partial charge in [-0.2, -0.15) is 0 Å². The third kappa shape index (κ3) is 3.64. The van der Waals surface area contributed by atoms with Crippen LogP contribution in [0.15, 0.2) is 30.3 Å². The normalized spacial score (nSPS) is 12.1. The minimum atomic E-state index is -0.544. The Morgan fingerprint density at radius 3 is 2.69 bits per heavy atom. The van der Waals surface area contributed by atoms with Gasteiger partial charge in [0.15, 0.2) is 6.10 Å². The SMILES string of the molecule is CCOC(C(=O)NCCN)c1ccccc1. The quantitative estimate of drug-likeness (QED) is 0.749. The zero-order valence-corrected chi connectivity index (χ0v) is 9.48. The summed E-state index contributed by atoms with van der Waals surface area (Å²) in [4.78, 5) is 11.8. The highest BCUT2D eigenvalue weighted by Crippen LogP contribution is 2.16. The summed E-state index contributed by atoms with van der Waals surface area (Å²) in [6.45, 7) is 3.26. The van der Waals surface area contributed by atoms with E-state index in [9.17, 15) is 4.79 Å². The molecule has 0 heterocycles. The minimum absolute atomic E-state index is 0.140. The summed E-state index contributed by atoms with van der Waals surface area (Å²) in [6, 6.07) is 9.43. The number of carbonyl (C=O) groups excluding carboxylic acids is 1. The fourth-order valence-corrected chi connectivity index (χ4v) is 1.41. The lowest BCUT2D eigenvalue weighted by molar-refractivity contribution is -0.132. The monoisotopic (exact) mass is 222 g/mol. The fraction of sp³-hybridized carbons (Fsp3) is 0.417. The van der Waals surface area contributed by atoms with Crippen molar-refractivity contribution in [3.05, 3.63) is 35.9 Å². The van der Waals surface area contributed by atoms with E-state index in [1.807, 2.05) is 37.3 Å². The summed E-state index contributed by atoms with van der Waals surface area (Å²) in [6.07, 6.45) is -0.544. The first-order chi connectivity index (χ1) is 7.79. The van der Waals surface area contributed by atoms with Crippen molar-refractivity contribution in [2.24, 2.45) is 5.73 Å².